The Kier molecular flexibility index (Phi) is 3.85. The van der Waals surface area contributed by atoms with Gasteiger partial charge in [0.1, 0.15) is 6.07 Å². The first kappa shape index (κ1) is 14.9. The lowest BCUT2D eigenvalue weighted by Gasteiger charge is -2.30. The molecule has 6 heteroatoms. The Bertz CT molecular complexity index is 853. The van der Waals surface area contributed by atoms with Crippen LogP contribution in [-0.4, -0.2) is 20.7 Å². The molecule has 3 rings (SSSR count). The van der Waals surface area contributed by atoms with E-state index in [-0.39, 0.29) is 4.90 Å². The van der Waals surface area contributed by atoms with E-state index in [9.17, 15) is 13.7 Å². The van der Waals surface area contributed by atoms with Crippen LogP contribution >= 0.6 is 11.8 Å². The second-order valence-corrected chi connectivity index (χ2v) is 7.97. The van der Waals surface area contributed by atoms with Gasteiger partial charge < -0.3 is 0 Å². The van der Waals surface area contributed by atoms with Gasteiger partial charge in [0.25, 0.3) is 10.0 Å². The maximum atomic E-state index is 12.9. The fourth-order valence-corrected chi connectivity index (χ4v) is 5.12. The Morgan fingerprint density at radius 3 is 2.59 bits per heavy atom. The molecule has 0 saturated carbocycles. The van der Waals surface area contributed by atoms with Crippen molar-refractivity contribution in [2.45, 2.75) is 16.7 Å². The summed E-state index contributed by atoms with van der Waals surface area (Å²) in [5.74, 6) is 0.636. The number of hydrogen-bond donors (Lipinski definition) is 0. The van der Waals surface area contributed by atoms with Crippen LogP contribution in [0.4, 0.5) is 5.69 Å². The van der Waals surface area contributed by atoms with Crippen LogP contribution in [0.2, 0.25) is 0 Å². The average Bonchev–Trinajstić information content (AvgIpc) is 2.54. The number of hydrogen-bond acceptors (Lipinski definition) is 4. The van der Waals surface area contributed by atoms with Gasteiger partial charge >= 0.3 is 0 Å². The molecule has 0 N–H and O–H groups in total. The number of fused-ring (bicyclic) bond motifs is 1. The Hall–Kier alpha value is -1.97. The minimum atomic E-state index is -3.61. The number of thioether (sulfide) groups is 1. The minimum Gasteiger partial charge on any atom is -0.264 e. The van der Waals surface area contributed by atoms with Crippen LogP contribution in [0, 0.1) is 18.3 Å². The van der Waals surface area contributed by atoms with Crippen molar-refractivity contribution in [1.29, 1.82) is 5.26 Å². The summed E-state index contributed by atoms with van der Waals surface area (Å²) in [6.45, 7) is 2.32. The first-order valence-corrected chi connectivity index (χ1v) is 9.22. The third kappa shape index (κ3) is 2.47. The molecule has 112 valence electrons. The number of anilines is 1. The Labute approximate surface area is 134 Å². The highest BCUT2D eigenvalue weighted by atomic mass is 32.2. The Morgan fingerprint density at radius 1 is 1.18 bits per heavy atom. The smallest absolute Gasteiger partial charge is 0.264 e. The lowest BCUT2D eigenvalue weighted by atomic mass is 10.2. The zero-order valence-corrected chi connectivity index (χ0v) is 13.6. The summed E-state index contributed by atoms with van der Waals surface area (Å²) in [7, 11) is -3.61. The molecule has 0 bridgehead atoms. The van der Waals surface area contributed by atoms with Crippen molar-refractivity contribution >= 4 is 27.5 Å². The Balaban J connectivity index is 2.11. The van der Waals surface area contributed by atoms with Gasteiger partial charge in [0.2, 0.25) is 0 Å². The molecule has 0 unspecified atom stereocenters. The molecular formula is C16H14N2O2S2. The number of benzene rings is 2. The van der Waals surface area contributed by atoms with Crippen LogP contribution in [-0.2, 0) is 10.0 Å². The summed E-state index contributed by atoms with van der Waals surface area (Å²) in [4.78, 5) is 1.02. The van der Waals surface area contributed by atoms with Gasteiger partial charge in [0.05, 0.1) is 16.1 Å². The molecule has 0 atom stereocenters. The molecule has 2 aromatic carbocycles. The van der Waals surface area contributed by atoms with Gasteiger partial charge in [-0.05, 0) is 31.2 Å². The molecular weight excluding hydrogens is 316 g/mol. The molecule has 0 amide bonds. The number of aryl methyl sites for hydroxylation is 1. The van der Waals surface area contributed by atoms with Crippen LogP contribution < -0.4 is 4.31 Å². The average molecular weight is 330 g/mol. The van der Waals surface area contributed by atoms with E-state index in [2.05, 4.69) is 6.07 Å². The predicted octanol–water partition coefficient (Wildman–Crippen LogP) is 3.17. The van der Waals surface area contributed by atoms with Gasteiger partial charge in [-0.2, -0.15) is 5.26 Å². The van der Waals surface area contributed by atoms with E-state index in [1.807, 2.05) is 6.92 Å². The minimum absolute atomic E-state index is 0.276. The summed E-state index contributed by atoms with van der Waals surface area (Å²) < 4.78 is 27.2. The van der Waals surface area contributed by atoms with E-state index in [1.165, 1.54) is 16.1 Å². The highest BCUT2D eigenvalue weighted by molar-refractivity contribution is 8.00. The number of nitriles is 1. The van der Waals surface area contributed by atoms with Crippen LogP contribution in [0.25, 0.3) is 0 Å². The molecule has 1 heterocycles. The topological polar surface area (TPSA) is 61.2 Å². The van der Waals surface area contributed by atoms with E-state index in [0.717, 1.165) is 10.5 Å². The van der Waals surface area contributed by atoms with Crippen LogP contribution in [0.15, 0.2) is 52.3 Å². The zero-order valence-electron chi connectivity index (χ0n) is 12.0. The van der Waals surface area contributed by atoms with E-state index < -0.39 is 10.0 Å². The van der Waals surface area contributed by atoms with Crippen molar-refractivity contribution < 1.29 is 8.42 Å². The van der Waals surface area contributed by atoms with Crippen molar-refractivity contribution in [3.05, 3.63) is 53.6 Å². The second-order valence-electron chi connectivity index (χ2n) is 5.00. The SMILES string of the molecule is Cc1ccc(S(=O)(=O)N2CCSc3c(C#N)cccc32)cc1. The molecule has 2 aromatic rings. The van der Waals surface area contributed by atoms with Crippen molar-refractivity contribution in [2.24, 2.45) is 0 Å². The summed E-state index contributed by atoms with van der Waals surface area (Å²) in [6.07, 6.45) is 0. The molecule has 22 heavy (non-hydrogen) atoms. The fourth-order valence-electron chi connectivity index (χ4n) is 2.40. The second kappa shape index (κ2) is 5.67. The molecule has 4 nitrogen and oxygen atoms in total. The predicted molar refractivity (Wildman–Crippen MR) is 87.6 cm³/mol. The first-order valence-electron chi connectivity index (χ1n) is 6.79. The van der Waals surface area contributed by atoms with Crippen molar-refractivity contribution in [3.8, 4) is 6.07 Å². The van der Waals surface area contributed by atoms with Crippen molar-refractivity contribution in [1.82, 2.24) is 0 Å². The highest BCUT2D eigenvalue weighted by Crippen LogP contribution is 2.39. The standard InChI is InChI=1S/C16H14N2O2S2/c1-12-5-7-14(8-6-12)22(19,20)18-9-10-21-16-13(11-17)3-2-4-15(16)18/h2-8H,9-10H2,1H3. The molecule has 0 aliphatic carbocycles. The van der Waals surface area contributed by atoms with E-state index in [1.54, 1.807) is 42.5 Å². The van der Waals surface area contributed by atoms with Crippen LogP contribution in [0.1, 0.15) is 11.1 Å². The van der Waals surface area contributed by atoms with Gasteiger partial charge in [-0.25, -0.2) is 8.42 Å². The van der Waals surface area contributed by atoms with E-state index in [4.69, 9.17) is 0 Å². The molecule has 0 saturated heterocycles. The number of rotatable bonds is 2. The molecule has 0 aromatic heterocycles. The molecule has 1 aliphatic rings. The molecule has 0 fully saturated rings. The highest BCUT2D eigenvalue weighted by Gasteiger charge is 2.30. The van der Waals surface area contributed by atoms with E-state index >= 15 is 0 Å². The summed E-state index contributed by atoms with van der Waals surface area (Å²) in [5.41, 5.74) is 2.13. The van der Waals surface area contributed by atoms with E-state index in [0.29, 0.717) is 23.5 Å². The van der Waals surface area contributed by atoms with Crippen LogP contribution in [0.3, 0.4) is 0 Å². The number of sulfonamides is 1. The van der Waals surface area contributed by atoms with Crippen LogP contribution in [0.5, 0.6) is 0 Å². The quantitative estimate of drug-likeness (QED) is 0.848. The fraction of sp³-hybridized carbons (Fsp3) is 0.188. The molecule has 0 radical (unpaired) electrons. The Morgan fingerprint density at radius 2 is 1.91 bits per heavy atom. The summed E-state index contributed by atoms with van der Waals surface area (Å²) in [5, 5.41) is 9.20. The van der Waals surface area contributed by atoms with Gasteiger partial charge in [0.15, 0.2) is 0 Å². The zero-order chi connectivity index (χ0) is 15.7. The van der Waals surface area contributed by atoms with Gasteiger partial charge in [0, 0.05) is 17.2 Å². The maximum Gasteiger partial charge on any atom is 0.264 e. The third-order valence-electron chi connectivity index (χ3n) is 3.53. The normalized spacial score (nSPS) is 14.3. The third-order valence-corrected chi connectivity index (χ3v) is 6.47. The summed E-state index contributed by atoms with van der Waals surface area (Å²) in [6, 6.07) is 14.2. The van der Waals surface area contributed by atoms with Crippen molar-refractivity contribution in [3.63, 3.8) is 0 Å². The largest absolute Gasteiger partial charge is 0.264 e. The van der Waals surface area contributed by atoms with Gasteiger partial charge in [-0.15, -0.1) is 11.8 Å². The van der Waals surface area contributed by atoms with Gasteiger partial charge in [-0.3, -0.25) is 4.31 Å². The lowest BCUT2D eigenvalue weighted by molar-refractivity contribution is 0.591. The molecule has 0 spiro atoms. The maximum absolute atomic E-state index is 12.9. The van der Waals surface area contributed by atoms with Gasteiger partial charge in [-0.1, -0.05) is 23.8 Å². The first-order chi connectivity index (χ1) is 10.5. The summed E-state index contributed by atoms with van der Waals surface area (Å²) >= 11 is 1.53. The monoisotopic (exact) mass is 330 g/mol. The molecule has 1 aliphatic heterocycles. The lowest BCUT2D eigenvalue weighted by Crippen LogP contribution is -2.35. The number of nitrogens with zero attached hydrogens (tertiary/aromatic N) is 2. The van der Waals surface area contributed by atoms with Crippen molar-refractivity contribution in [2.75, 3.05) is 16.6 Å².